The molecule has 0 aliphatic carbocycles. The molecule has 0 bridgehead atoms. The Kier molecular flexibility index (Phi) is 92.0. The molecule has 0 saturated carbocycles. The number of aliphatic hydroxyl groups excluding tert-OH is 1. The van der Waals surface area contributed by atoms with E-state index in [1.54, 1.807) is 6.92 Å². The molecule has 0 spiro atoms. The number of hydrogen-bond acceptors (Lipinski definition) is 5. The van der Waals surface area contributed by atoms with Gasteiger partial charge in [-0.3, -0.25) is 0 Å². The first-order valence-electron chi connectivity index (χ1n) is 8.58. The SMILES string of the molecule is CCC.CCO.CCO[SiH](O)[SiH](OCC)OCC.Cl[SiH](Cl)Cl.Cl[SiH](Cl)[SiH](Cl)Cl.[Cl-].[H-].[Li+].[Li+]. The van der Waals surface area contributed by atoms with Gasteiger partial charge in [-0.25, -0.2) is 0 Å². The largest absolute Gasteiger partial charge is 1.00 e. The molecule has 0 aromatic rings. The van der Waals surface area contributed by atoms with Gasteiger partial charge in [-0.1, -0.05) is 20.3 Å². The molecule has 1 atom stereocenters. The molecule has 0 fully saturated rings. The van der Waals surface area contributed by atoms with E-state index in [1.165, 1.54) is 6.42 Å². The summed E-state index contributed by atoms with van der Waals surface area (Å²) in [5.74, 6) is 0. The van der Waals surface area contributed by atoms with Crippen LogP contribution in [0.3, 0.4) is 0 Å². The molecule has 31 heavy (non-hydrogen) atoms. The molecule has 0 rings (SSSR count). The molecule has 0 radical (unpaired) electrons. The molecule has 0 aliphatic heterocycles. The predicted octanol–water partition coefficient (Wildman–Crippen LogP) is -4.97. The van der Waals surface area contributed by atoms with E-state index in [-0.39, 0.29) is 58.2 Å². The third kappa shape index (κ3) is 78.9. The van der Waals surface area contributed by atoms with E-state index in [1.807, 2.05) is 20.8 Å². The normalized spacial score (nSPS) is 9.77. The standard InChI is InChI=1S/C6H18O4Si2.C3H8.C2H6O.Cl4H2Si2.Cl3HSi.ClH.2Li.H/c1-4-8-11(7)12(9-5-2)10-6-3;1-3-2;1-2-3;1-5(2)6(3)4;1-4(2)3;;;;/h7,11-12H,4-6H2,1-3H3;3H2,1-2H3;3H,2H2,1H3;5-6H;4H;1H;;;/q;;;;;;2*+1;-1/p-1. The second-order valence-corrected chi connectivity index (χ2v) is 33.8. The third-order valence-electron chi connectivity index (χ3n) is 1.42. The fraction of sp³-hybridized carbons (Fsp3) is 1.00. The van der Waals surface area contributed by atoms with E-state index in [0.717, 1.165) is 0 Å². The Bertz CT molecular complexity index is 258. The van der Waals surface area contributed by atoms with Crippen LogP contribution in [0.4, 0.5) is 0 Å². The number of halogens is 8. The minimum atomic E-state index is -2.16. The van der Waals surface area contributed by atoms with Crippen molar-refractivity contribution >= 4 is 116 Å². The van der Waals surface area contributed by atoms with E-state index in [9.17, 15) is 4.80 Å². The van der Waals surface area contributed by atoms with E-state index < -0.39 is 38.2 Å². The van der Waals surface area contributed by atoms with Crippen LogP contribution in [-0.2, 0) is 13.3 Å². The average Bonchev–Trinajstić information content (AvgIpc) is 2.56. The van der Waals surface area contributed by atoms with Crippen molar-refractivity contribution in [3.05, 3.63) is 0 Å². The number of hydrogen-bond donors (Lipinski definition) is 2. The van der Waals surface area contributed by atoms with Crippen molar-refractivity contribution < 1.29 is 74.7 Å². The van der Waals surface area contributed by atoms with Gasteiger partial charge in [0, 0.05) is 26.4 Å². The summed E-state index contributed by atoms with van der Waals surface area (Å²) < 4.78 is 15.7. The second-order valence-electron chi connectivity index (χ2n) is 4.06. The Morgan fingerprint density at radius 2 is 0.871 bits per heavy atom. The van der Waals surface area contributed by atoms with E-state index in [0.29, 0.717) is 19.8 Å². The van der Waals surface area contributed by atoms with Crippen molar-refractivity contribution in [2.75, 3.05) is 26.4 Å². The molecule has 2 N–H and O–H groups in total. The van der Waals surface area contributed by atoms with Gasteiger partial charge in [0.25, 0.3) is 13.9 Å². The molecule has 0 saturated heterocycles. The van der Waals surface area contributed by atoms with E-state index >= 15 is 0 Å². The molecule has 0 aromatic heterocycles. The van der Waals surface area contributed by atoms with Crippen molar-refractivity contribution in [3.8, 4) is 0 Å². The monoisotopic (exact) mass is 682 g/mol. The zero-order valence-electron chi connectivity index (χ0n) is 20.6. The topological polar surface area (TPSA) is 68.2 Å². The third-order valence-corrected chi connectivity index (χ3v) is 22.3. The molecule has 0 amide bonds. The van der Waals surface area contributed by atoms with Gasteiger partial charge >= 0.3 is 62.0 Å². The maximum Gasteiger partial charge on any atom is 1.00 e. The van der Waals surface area contributed by atoms with Crippen LogP contribution in [0.2, 0.25) is 0 Å². The zero-order valence-corrected chi connectivity index (χ0v) is 31.4. The molecule has 0 aliphatic rings. The first-order valence-corrected chi connectivity index (χ1v) is 28.1. The molecule has 5 nitrogen and oxygen atoms in total. The van der Waals surface area contributed by atoms with E-state index in [4.69, 9.17) is 95.9 Å². The first kappa shape index (κ1) is 55.8. The van der Waals surface area contributed by atoms with Crippen molar-refractivity contribution in [2.45, 2.75) is 48.0 Å². The molecule has 188 valence electrons. The van der Waals surface area contributed by atoms with Gasteiger partial charge < -0.3 is 37.0 Å². The Balaban J connectivity index is -0.0000000324. The van der Waals surface area contributed by atoms with Gasteiger partial charge in [0.15, 0.2) is 0 Å². The van der Waals surface area contributed by atoms with Crippen molar-refractivity contribution in [1.29, 1.82) is 0 Å². The van der Waals surface area contributed by atoms with Gasteiger partial charge in [-0.2, -0.15) is 44.3 Å². The average molecular weight is 686 g/mol. The van der Waals surface area contributed by atoms with Crippen molar-refractivity contribution in [1.82, 2.24) is 0 Å². The van der Waals surface area contributed by atoms with Crippen LogP contribution in [0, 0.1) is 0 Å². The summed E-state index contributed by atoms with van der Waals surface area (Å²) in [7, 11) is -4.03. The maximum atomic E-state index is 9.50. The van der Waals surface area contributed by atoms with Gasteiger partial charge in [0.05, 0.1) is 0 Å². The Hall–Kier alpha value is 4.40. The molecule has 0 heterocycles. The summed E-state index contributed by atoms with van der Waals surface area (Å²) in [5, 5.41) is 7.57. The zero-order chi connectivity index (χ0) is 23.5. The van der Waals surface area contributed by atoms with Gasteiger partial charge in [0.1, 0.15) is 0 Å². The van der Waals surface area contributed by atoms with Crippen molar-refractivity contribution in [3.63, 3.8) is 0 Å². The van der Waals surface area contributed by atoms with Crippen LogP contribution in [0.5, 0.6) is 0 Å². The summed E-state index contributed by atoms with van der Waals surface area (Å²) in [5.41, 5.74) is 0. The molecule has 1 unspecified atom stereocenters. The summed E-state index contributed by atoms with van der Waals surface area (Å²) in [6.45, 7) is 8.57. The summed E-state index contributed by atoms with van der Waals surface area (Å²) >= 11 is 36.1. The van der Waals surface area contributed by atoms with E-state index in [2.05, 4.69) is 13.8 Å². The smallest absolute Gasteiger partial charge is 1.00 e. The predicted molar refractivity (Wildman–Crippen MR) is 144 cm³/mol. The van der Waals surface area contributed by atoms with Gasteiger partial charge in [0.2, 0.25) is 0 Å². The van der Waals surface area contributed by atoms with Crippen LogP contribution in [0.15, 0.2) is 0 Å². The van der Waals surface area contributed by atoms with Crippen LogP contribution >= 0.6 is 77.6 Å². The van der Waals surface area contributed by atoms with Crippen LogP contribution < -0.4 is 50.1 Å². The Labute approximate surface area is 262 Å². The number of rotatable bonds is 8. The second kappa shape index (κ2) is 51.1. The Morgan fingerprint density at radius 3 is 1.00 bits per heavy atom. The van der Waals surface area contributed by atoms with Crippen LogP contribution in [0.25, 0.3) is 0 Å². The molecule has 20 heteroatoms. The Morgan fingerprint density at radius 1 is 0.677 bits per heavy atom. The summed E-state index contributed by atoms with van der Waals surface area (Å²) in [6.07, 6.45) is 1.25. The van der Waals surface area contributed by atoms with Crippen LogP contribution in [0.1, 0.15) is 49.4 Å². The number of aliphatic hydroxyl groups is 1. The van der Waals surface area contributed by atoms with Crippen LogP contribution in [-0.4, -0.2) is 74.5 Å². The minimum absolute atomic E-state index is 0. The molecular formula is C11H36Cl8Li2O5Si5. The summed E-state index contributed by atoms with van der Waals surface area (Å²) in [4.78, 5) is 9.50. The van der Waals surface area contributed by atoms with Gasteiger partial charge in [-0.15, -0.1) is 33.2 Å². The van der Waals surface area contributed by atoms with Gasteiger partial charge in [-0.05, 0) is 27.7 Å². The van der Waals surface area contributed by atoms with Crippen molar-refractivity contribution in [2.24, 2.45) is 0 Å². The summed E-state index contributed by atoms with van der Waals surface area (Å²) in [6, 6.07) is 0. The minimum Gasteiger partial charge on any atom is -1.00 e. The molecular weight excluding hydrogens is 650 g/mol. The first-order chi connectivity index (χ1) is 13.0. The molecule has 0 aromatic carbocycles. The fourth-order valence-electron chi connectivity index (χ4n) is 0.791. The maximum absolute atomic E-state index is 9.50. The quantitative estimate of drug-likeness (QED) is 0.198. The fourth-order valence-corrected chi connectivity index (χ4v) is 5.56.